The van der Waals surface area contributed by atoms with E-state index < -0.39 is 10.0 Å². The fourth-order valence-corrected chi connectivity index (χ4v) is 3.61. The molecule has 110 valence electrons. The third-order valence-corrected chi connectivity index (χ3v) is 4.73. The Balaban J connectivity index is 0.00000289. The van der Waals surface area contributed by atoms with Gasteiger partial charge in [0.15, 0.2) is 0 Å². The molecule has 5 nitrogen and oxygen atoms in total. The molecule has 1 atom stereocenters. The van der Waals surface area contributed by atoms with E-state index in [1.54, 1.807) is 0 Å². The molecule has 1 unspecified atom stereocenters. The molecule has 0 bridgehead atoms. The maximum Gasteiger partial charge on any atom is 0.214 e. The van der Waals surface area contributed by atoms with E-state index in [0.717, 1.165) is 12.8 Å². The zero-order valence-electron chi connectivity index (χ0n) is 10.9. The number of sulfonamides is 1. The Morgan fingerprint density at radius 2 is 1.94 bits per heavy atom. The highest BCUT2D eigenvalue weighted by atomic mass is 35.5. The van der Waals surface area contributed by atoms with Crippen LogP contribution < -0.4 is 10.5 Å². The van der Waals surface area contributed by atoms with E-state index in [-0.39, 0.29) is 30.8 Å². The molecule has 0 spiro atoms. The van der Waals surface area contributed by atoms with E-state index in [0.29, 0.717) is 12.5 Å². The van der Waals surface area contributed by atoms with Crippen LogP contribution in [0.25, 0.3) is 0 Å². The van der Waals surface area contributed by atoms with Crippen molar-refractivity contribution in [1.29, 1.82) is 0 Å². The van der Waals surface area contributed by atoms with Crippen LogP contribution in [0.1, 0.15) is 32.1 Å². The molecule has 0 aromatic rings. The zero-order chi connectivity index (χ0) is 12.7. The molecule has 1 aliphatic rings. The maximum atomic E-state index is 11.8. The van der Waals surface area contributed by atoms with Gasteiger partial charge in [0, 0.05) is 19.7 Å². The lowest BCUT2D eigenvalue weighted by Gasteiger charge is -2.29. The van der Waals surface area contributed by atoms with Gasteiger partial charge in [0.05, 0.1) is 12.4 Å². The summed E-state index contributed by atoms with van der Waals surface area (Å²) in [4.78, 5) is 0. The van der Waals surface area contributed by atoms with Gasteiger partial charge in [-0.3, -0.25) is 0 Å². The first kappa shape index (κ1) is 18.1. The van der Waals surface area contributed by atoms with Crippen LogP contribution in [0.5, 0.6) is 0 Å². The lowest BCUT2D eigenvalue weighted by Crippen LogP contribution is -2.46. The van der Waals surface area contributed by atoms with E-state index in [1.807, 2.05) is 0 Å². The van der Waals surface area contributed by atoms with Gasteiger partial charge in [-0.05, 0) is 18.8 Å². The molecule has 1 aliphatic carbocycles. The molecule has 0 aromatic carbocycles. The molecule has 0 saturated heterocycles. The van der Waals surface area contributed by atoms with Crippen LogP contribution in [0, 0.1) is 5.92 Å². The van der Waals surface area contributed by atoms with Crippen molar-refractivity contribution < 1.29 is 13.2 Å². The summed E-state index contributed by atoms with van der Waals surface area (Å²) in [5.41, 5.74) is 5.68. The van der Waals surface area contributed by atoms with Crippen LogP contribution in [0.2, 0.25) is 0 Å². The van der Waals surface area contributed by atoms with Crippen molar-refractivity contribution in [3.8, 4) is 0 Å². The number of ether oxygens (including phenoxy) is 1. The Morgan fingerprint density at radius 3 is 2.44 bits per heavy atom. The van der Waals surface area contributed by atoms with Crippen molar-refractivity contribution in [3.63, 3.8) is 0 Å². The van der Waals surface area contributed by atoms with Gasteiger partial charge in [-0.15, -0.1) is 12.4 Å². The SMILES string of the molecule is COCCS(=O)(=O)NC(CN)C1CCCCC1.Cl. The quantitative estimate of drug-likeness (QED) is 0.731. The standard InChI is InChI=1S/C11H24N2O3S.ClH/c1-16-7-8-17(14,15)13-11(9-12)10-5-3-2-4-6-10;/h10-11,13H,2-9,12H2,1H3;1H. The first-order valence-corrected chi connectivity index (χ1v) is 7.93. The minimum absolute atomic E-state index is 0. The summed E-state index contributed by atoms with van der Waals surface area (Å²) in [6.07, 6.45) is 5.77. The summed E-state index contributed by atoms with van der Waals surface area (Å²) < 4.78 is 31.0. The molecule has 0 aromatic heterocycles. The third-order valence-electron chi connectivity index (χ3n) is 3.36. The minimum atomic E-state index is -3.26. The average molecular weight is 301 g/mol. The van der Waals surface area contributed by atoms with Crippen LogP contribution in [-0.4, -0.2) is 40.5 Å². The molecule has 1 fully saturated rings. The highest BCUT2D eigenvalue weighted by Gasteiger charge is 2.26. The fraction of sp³-hybridized carbons (Fsp3) is 1.00. The van der Waals surface area contributed by atoms with Gasteiger partial charge in [-0.1, -0.05) is 19.3 Å². The van der Waals surface area contributed by atoms with Crippen molar-refractivity contribution in [1.82, 2.24) is 4.72 Å². The van der Waals surface area contributed by atoms with Crippen molar-refractivity contribution in [2.45, 2.75) is 38.1 Å². The minimum Gasteiger partial charge on any atom is -0.384 e. The monoisotopic (exact) mass is 300 g/mol. The highest BCUT2D eigenvalue weighted by molar-refractivity contribution is 7.89. The second-order valence-electron chi connectivity index (χ2n) is 4.67. The first-order chi connectivity index (χ1) is 8.09. The topological polar surface area (TPSA) is 81.4 Å². The normalized spacial score (nSPS) is 19.2. The molecule has 1 saturated carbocycles. The van der Waals surface area contributed by atoms with E-state index in [9.17, 15) is 8.42 Å². The molecular weight excluding hydrogens is 276 g/mol. The maximum absolute atomic E-state index is 11.8. The van der Waals surface area contributed by atoms with Crippen molar-refractivity contribution in [2.75, 3.05) is 26.0 Å². The second-order valence-corrected chi connectivity index (χ2v) is 6.54. The van der Waals surface area contributed by atoms with Crippen molar-refractivity contribution in [2.24, 2.45) is 11.7 Å². The summed E-state index contributed by atoms with van der Waals surface area (Å²) in [6.45, 7) is 0.591. The Labute approximate surface area is 116 Å². The summed E-state index contributed by atoms with van der Waals surface area (Å²) in [7, 11) is -1.76. The van der Waals surface area contributed by atoms with Gasteiger partial charge < -0.3 is 10.5 Å². The Hall–Kier alpha value is 0.120. The zero-order valence-corrected chi connectivity index (χ0v) is 12.6. The third kappa shape index (κ3) is 6.33. The van der Waals surface area contributed by atoms with Gasteiger partial charge in [0.25, 0.3) is 0 Å². The largest absolute Gasteiger partial charge is 0.384 e. The van der Waals surface area contributed by atoms with E-state index in [4.69, 9.17) is 10.5 Å². The van der Waals surface area contributed by atoms with Crippen LogP contribution in [0.15, 0.2) is 0 Å². The molecule has 0 radical (unpaired) electrons. The lowest BCUT2D eigenvalue weighted by atomic mass is 9.84. The van der Waals surface area contributed by atoms with Crippen LogP contribution in [0.4, 0.5) is 0 Å². The van der Waals surface area contributed by atoms with Gasteiger partial charge in [0.1, 0.15) is 0 Å². The first-order valence-electron chi connectivity index (χ1n) is 6.28. The van der Waals surface area contributed by atoms with E-state index in [2.05, 4.69) is 4.72 Å². The fourth-order valence-electron chi connectivity index (χ4n) is 2.36. The number of rotatable bonds is 7. The number of nitrogens with two attached hydrogens (primary N) is 1. The summed E-state index contributed by atoms with van der Waals surface area (Å²) >= 11 is 0. The Morgan fingerprint density at radius 1 is 1.33 bits per heavy atom. The summed E-state index contributed by atoms with van der Waals surface area (Å²) in [6, 6.07) is -0.114. The average Bonchev–Trinajstić information content (AvgIpc) is 2.35. The summed E-state index contributed by atoms with van der Waals surface area (Å²) in [5.74, 6) is 0.401. The molecule has 3 N–H and O–H groups in total. The van der Waals surface area contributed by atoms with Crippen LogP contribution >= 0.6 is 12.4 Å². The van der Waals surface area contributed by atoms with Gasteiger partial charge in [-0.25, -0.2) is 13.1 Å². The Bertz CT molecular complexity index is 305. The molecule has 0 heterocycles. The highest BCUT2D eigenvalue weighted by Crippen LogP contribution is 2.26. The van der Waals surface area contributed by atoms with E-state index in [1.165, 1.54) is 26.4 Å². The van der Waals surface area contributed by atoms with Gasteiger partial charge in [-0.2, -0.15) is 0 Å². The predicted molar refractivity (Wildman–Crippen MR) is 75.5 cm³/mol. The molecule has 0 aliphatic heterocycles. The number of hydrogen-bond acceptors (Lipinski definition) is 4. The summed E-state index contributed by atoms with van der Waals surface area (Å²) in [5, 5.41) is 0. The number of methoxy groups -OCH3 is 1. The molecule has 7 heteroatoms. The lowest BCUT2D eigenvalue weighted by molar-refractivity contribution is 0.216. The number of nitrogens with one attached hydrogen (secondary N) is 1. The van der Waals surface area contributed by atoms with Crippen LogP contribution in [0.3, 0.4) is 0 Å². The molecule has 0 amide bonds. The molecule has 18 heavy (non-hydrogen) atoms. The molecular formula is C11H25ClN2O3S. The van der Waals surface area contributed by atoms with Gasteiger partial charge >= 0.3 is 0 Å². The number of hydrogen-bond donors (Lipinski definition) is 2. The smallest absolute Gasteiger partial charge is 0.214 e. The second kappa shape index (κ2) is 9.09. The van der Waals surface area contributed by atoms with Crippen LogP contribution in [-0.2, 0) is 14.8 Å². The van der Waals surface area contributed by atoms with E-state index >= 15 is 0 Å². The predicted octanol–water partition coefficient (Wildman–Crippen LogP) is 0.882. The van der Waals surface area contributed by atoms with Gasteiger partial charge in [0.2, 0.25) is 10.0 Å². The number of halogens is 1. The molecule has 1 rings (SSSR count). The van der Waals surface area contributed by atoms with Crippen molar-refractivity contribution in [3.05, 3.63) is 0 Å². The van der Waals surface area contributed by atoms with Crippen molar-refractivity contribution >= 4 is 22.4 Å². The Kier molecular flexibility index (Phi) is 9.15.